The van der Waals surface area contributed by atoms with Crippen molar-refractivity contribution < 1.29 is 22.8 Å². The van der Waals surface area contributed by atoms with Crippen molar-refractivity contribution in [2.24, 2.45) is 0 Å². The fraction of sp³-hybridized carbons (Fsp3) is 0.182. The molecule has 8 heteroatoms. The molecule has 0 aliphatic heterocycles. The number of nitrogens with zero attached hydrogens (tertiary/aromatic N) is 2. The molecule has 0 amide bonds. The maximum Gasteiger partial charge on any atom is 0.340 e. The van der Waals surface area contributed by atoms with Gasteiger partial charge < -0.3 is 14.6 Å². The van der Waals surface area contributed by atoms with E-state index in [9.17, 15) is 13.6 Å². The second-order valence-corrected chi connectivity index (χ2v) is 3.48. The zero-order valence-electron chi connectivity index (χ0n) is 9.81. The Labute approximate surface area is 106 Å². The summed E-state index contributed by atoms with van der Waals surface area (Å²) < 4.78 is 36.1. The lowest BCUT2D eigenvalue weighted by Crippen LogP contribution is -2.09. The van der Waals surface area contributed by atoms with Crippen LogP contribution in [0.4, 0.5) is 14.5 Å². The van der Waals surface area contributed by atoms with Crippen LogP contribution < -0.4 is 5.32 Å². The van der Waals surface area contributed by atoms with E-state index in [0.717, 1.165) is 19.6 Å². The summed E-state index contributed by atoms with van der Waals surface area (Å²) in [6.45, 7) is 0.0600. The van der Waals surface area contributed by atoms with Crippen molar-refractivity contribution in [2.45, 2.75) is 6.54 Å². The number of halogens is 2. The predicted molar refractivity (Wildman–Crippen MR) is 59.3 cm³/mol. The number of carbonyl (C=O) groups is 1. The molecule has 6 nitrogen and oxygen atoms in total. The van der Waals surface area contributed by atoms with E-state index < -0.39 is 23.2 Å². The molecular weight excluding hydrogens is 260 g/mol. The Bertz CT molecular complexity index is 587. The van der Waals surface area contributed by atoms with Crippen molar-refractivity contribution in [1.82, 2.24) is 10.1 Å². The van der Waals surface area contributed by atoms with Gasteiger partial charge in [-0.3, -0.25) is 0 Å². The molecule has 0 fully saturated rings. The van der Waals surface area contributed by atoms with Crippen LogP contribution in [0, 0.1) is 11.6 Å². The normalized spacial score (nSPS) is 10.3. The number of anilines is 1. The molecule has 1 heterocycles. The van der Waals surface area contributed by atoms with Gasteiger partial charge in [0.1, 0.15) is 0 Å². The number of carbonyl (C=O) groups excluding carboxylic acids is 1. The molecule has 2 rings (SSSR count). The molecule has 0 aliphatic rings. The summed E-state index contributed by atoms with van der Waals surface area (Å²) in [5.74, 6) is -3.10. The van der Waals surface area contributed by atoms with Crippen molar-refractivity contribution in [3.05, 3.63) is 41.5 Å². The van der Waals surface area contributed by atoms with Gasteiger partial charge in [0.15, 0.2) is 17.5 Å². The van der Waals surface area contributed by atoms with Gasteiger partial charge in [0.2, 0.25) is 6.39 Å². The Morgan fingerprint density at radius 3 is 2.84 bits per heavy atom. The Balaban J connectivity index is 2.19. The highest BCUT2D eigenvalue weighted by Crippen LogP contribution is 2.21. The van der Waals surface area contributed by atoms with Crippen LogP contribution in [0.2, 0.25) is 0 Å². The van der Waals surface area contributed by atoms with E-state index in [0.29, 0.717) is 0 Å². The van der Waals surface area contributed by atoms with E-state index in [4.69, 9.17) is 0 Å². The lowest BCUT2D eigenvalue weighted by atomic mass is 10.2. The minimum atomic E-state index is -1.27. The van der Waals surface area contributed by atoms with Crippen molar-refractivity contribution in [2.75, 3.05) is 12.4 Å². The maximum absolute atomic E-state index is 13.7. The molecule has 0 atom stereocenters. The Morgan fingerprint density at radius 1 is 1.42 bits per heavy atom. The third kappa shape index (κ3) is 2.67. The van der Waals surface area contributed by atoms with Gasteiger partial charge in [-0.15, -0.1) is 0 Å². The van der Waals surface area contributed by atoms with E-state index in [2.05, 4.69) is 24.7 Å². The SMILES string of the molecule is COC(=O)c1ccc(NCc2ncon2)c(F)c1F. The molecule has 0 aliphatic carbocycles. The number of aromatic nitrogens is 2. The monoisotopic (exact) mass is 269 g/mol. The van der Waals surface area contributed by atoms with E-state index in [1.807, 2.05) is 0 Å². The maximum atomic E-state index is 13.7. The van der Waals surface area contributed by atoms with Crippen LogP contribution >= 0.6 is 0 Å². The van der Waals surface area contributed by atoms with Gasteiger partial charge >= 0.3 is 5.97 Å². The van der Waals surface area contributed by atoms with Gasteiger partial charge in [-0.25, -0.2) is 13.6 Å². The molecule has 1 aromatic carbocycles. The Kier molecular flexibility index (Phi) is 3.69. The topological polar surface area (TPSA) is 77.2 Å². The first-order chi connectivity index (χ1) is 9.13. The molecule has 1 aromatic heterocycles. The van der Waals surface area contributed by atoms with Crippen LogP contribution in [-0.4, -0.2) is 23.2 Å². The molecule has 2 aromatic rings. The standard InChI is InChI=1S/C11H9F2N3O3/c1-18-11(17)6-2-3-7(10(13)9(6)12)14-4-8-15-5-19-16-8/h2-3,5,14H,4H2,1H3. The number of methoxy groups -OCH3 is 1. The summed E-state index contributed by atoms with van der Waals surface area (Å²) in [5.41, 5.74) is -0.583. The number of benzene rings is 1. The fourth-order valence-electron chi connectivity index (χ4n) is 1.40. The number of ether oxygens (including phenoxy) is 1. The molecule has 0 spiro atoms. The van der Waals surface area contributed by atoms with Crippen LogP contribution in [0.3, 0.4) is 0 Å². The van der Waals surface area contributed by atoms with Gasteiger partial charge in [-0.2, -0.15) is 4.98 Å². The first-order valence-corrected chi connectivity index (χ1v) is 5.19. The van der Waals surface area contributed by atoms with E-state index in [-0.39, 0.29) is 18.1 Å². The van der Waals surface area contributed by atoms with E-state index >= 15 is 0 Å². The van der Waals surface area contributed by atoms with E-state index in [1.54, 1.807) is 0 Å². The second-order valence-electron chi connectivity index (χ2n) is 3.48. The van der Waals surface area contributed by atoms with Crippen molar-refractivity contribution >= 4 is 11.7 Å². The molecular formula is C11H9F2N3O3. The molecule has 0 unspecified atom stereocenters. The van der Waals surface area contributed by atoms with Crippen LogP contribution in [-0.2, 0) is 11.3 Å². The molecule has 100 valence electrons. The number of rotatable bonds is 4. The zero-order valence-corrected chi connectivity index (χ0v) is 9.81. The average molecular weight is 269 g/mol. The fourth-order valence-corrected chi connectivity index (χ4v) is 1.40. The number of hydrogen-bond acceptors (Lipinski definition) is 6. The van der Waals surface area contributed by atoms with Gasteiger partial charge in [-0.05, 0) is 12.1 Å². The first kappa shape index (κ1) is 12.9. The van der Waals surface area contributed by atoms with Crippen LogP contribution in [0.5, 0.6) is 0 Å². The molecule has 0 radical (unpaired) electrons. The summed E-state index contributed by atoms with van der Waals surface area (Å²) in [6, 6.07) is 2.35. The number of esters is 1. The summed E-state index contributed by atoms with van der Waals surface area (Å²) in [5, 5.41) is 6.09. The molecule has 0 saturated heterocycles. The largest absolute Gasteiger partial charge is 0.465 e. The predicted octanol–water partition coefficient (Wildman–Crippen LogP) is 1.75. The molecule has 19 heavy (non-hydrogen) atoms. The second kappa shape index (κ2) is 5.42. The quantitative estimate of drug-likeness (QED) is 0.852. The average Bonchev–Trinajstić information content (AvgIpc) is 2.93. The minimum absolute atomic E-state index is 0.0600. The highest BCUT2D eigenvalue weighted by molar-refractivity contribution is 5.90. The Morgan fingerprint density at radius 2 is 2.21 bits per heavy atom. The van der Waals surface area contributed by atoms with Gasteiger partial charge in [0, 0.05) is 0 Å². The third-order valence-electron chi connectivity index (χ3n) is 2.33. The lowest BCUT2D eigenvalue weighted by molar-refractivity contribution is 0.0594. The smallest absolute Gasteiger partial charge is 0.340 e. The van der Waals surface area contributed by atoms with Gasteiger partial charge in [0.25, 0.3) is 0 Å². The van der Waals surface area contributed by atoms with Gasteiger partial charge in [0.05, 0.1) is 24.9 Å². The van der Waals surface area contributed by atoms with Gasteiger partial charge in [-0.1, -0.05) is 5.16 Å². The van der Waals surface area contributed by atoms with Crippen LogP contribution in [0.25, 0.3) is 0 Å². The lowest BCUT2D eigenvalue weighted by Gasteiger charge is -2.08. The summed E-state index contributed by atoms with van der Waals surface area (Å²) in [6.07, 6.45) is 1.12. The number of nitrogens with one attached hydrogen (secondary N) is 1. The van der Waals surface area contributed by atoms with Crippen molar-refractivity contribution in [3.63, 3.8) is 0 Å². The number of hydrogen-bond donors (Lipinski definition) is 1. The van der Waals surface area contributed by atoms with E-state index in [1.165, 1.54) is 6.07 Å². The van der Waals surface area contributed by atoms with Crippen molar-refractivity contribution in [3.8, 4) is 0 Å². The van der Waals surface area contributed by atoms with Crippen LogP contribution in [0.15, 0.2) is 23.0 Å². The molecule has 0 bridgehead atoms. The molecule has 0 saturated carbocycles. The van der Waals surface area contributed by atoms with Crippen LogP contribution in [0.1, 0.15) is 16.2 Å². The summed E-state index contributed by atoms with van der Waals surface area (Å²) in [7, 11) is 1.09. The van der Waals surface area contributed by atoms with Crippen molar-refractivity contribution in [1.29, 1.82) is 0 Å². The molecule has 1 N–H and O–H groups in total. The highest BCUT2D eigenvalue weighted by Gasteiger charge is 2.19. The third-order valence-corrected chi connectivity index (χ3v) is 2.33. The summed E-state index contributed by atoms with van der Waals surface area (Å²) in [4.78, 5) is 14.9. The first-order valence-electron chi connectivity index (χ1n) is 5.19. The summed E-state index contributed by atoms with van der Waals surface area (Å²) >= 11 is 0. The highest BCUT2D eigenvalue weighted by atomic mass is 19.2. The Hall–Kier alpha value is -2.51. The minimum Gasteiger partial charge on any atom is -0.465 e. The zero-order chi connectivity index (χ0) is 13.8.